The third kappa shape index (κ3) is 4.87. The highest BCUT2D eigenvalue weighted by Gasteiger charge is 2.17. The Morgan fingerprint density at radius 2 is 2.17 bits per heavy atom. The van der Waals surface area contributed by atoms with Crippen LogP contribution in [0.1, 0.15) is 25.8 Å². The number of carbonyl (C=O) groups excluding carboxylic acids is 2. The summed E-state index contributed by atoms with van der Waals surface area (Å²) in [6.07, 6.45) is 1.18. The van der Waals surface area contributed by atoms with Crippen LogP contribution in [0.25, 0.3) is 0 Å². The summed E-state index contributed by atoms with van der Waals surface area (Å²) in [5.41, 5.74) is 0.995. The van der Waals surface area contributed by atoms with Gasteiger partial charge in [0.05, 0.1) is 13.0 Å². The maximum Gasteiger partial charge on any atom is 0.325 e. The minimum Gasteiger partial charge on any atom is -0.465 e. The SMILES string of the molecule is CCCN(CC(=O)OCC)C(=O)Cc1ccsc1. The second-order valence-electron chi connectivity index (χ2n) is 3.93. The number of ether oxygens (including phenoxy) is 1. The molecule has 0 unspecified atom stereocenters. The van der Waals surface area contributed by atoms with Crippen LogP contribution in [0.3, 0.4) is 0 Å². The Morgan fingerprint density at radius 3 is 2.72 bits per heavy atom. The van der Waals surface area contributed by atoms with Gasteiger partial charge >= 0.3 is 5.97 Å². The summed E-state index contributed by atoms with van der Waals surface area (Å²) >= 11 is 1.57. The minimum atomic E-state index is -0.343. The maximum atomic E-state index is 12.1. The predicted octanol–water partition coefficient (Wildman–Crippen LogP) is 2.09. The Hall–Kier alpha value is -1.36. The first kappa shape index (κ1) is 14.7. The van der Waals surface area contributed by atoms with E-state index in [2.05, 4.69) is 0 Å². The molecule has 0 saturated heterocycles. The van der Waals surface area contributed by atoms with Gasteiger partial charge in [0.1, 0.15) is 6.54 Å². The largest absolute Gasteiger partial charge is 0.465 e. The molecule has 18 heavy (non-hydrogen) atoms. The van der Waals surface area contributed by atoms with E-state index in [0.29, 0.717) is 19.6 Å². The van der Waals surface area contributed by atoms with Crippen LogP contribution in [-0.2, 0) is 20.7 Å². The van der Waals surface area contributed by atoms with E-state index < -0.39 is 0 Å². The first-order valence-electron chi connectivity index (χ1n) is 6.11. The number of amides is 1. The lowest BCUT2D eigenvalue weighted by molar-refractivity contribution is -0.148. The first-order chi connectivity index (χ1) is 8.67. The summed E-state index contributed by atoms with van der Waals surface area (Å²) in [6, 6.07) is 1.93. The van der Waals surface area contributed by atoms with Crippen LogP contribution < -0.4 is 0 Å². The molecule has 0 saturated carbocycles. The van der Waals surface area contributed by atoms with Gasteiger partial charge in [-0.3, -0.25) is 9.59 Å². The third-order valence-electron chi connectivity index (χ3n) is 2.41. The lowest BCUT2D eigenvalue weighted by Gasteiger charge is -2.20. The molecule has 100 valence electrons. The Kier molecular flexibility index (Phi) is 6.43. The van der Waals surface area contributed by atoms with Crippen molar-refractivity contribution in [1.82, 2.24) is 4.90 Å². The van der Waals surface area contributed by atoms with Crippen molar-refractivity contribution >= 4 is 23.2 Å². The van der Waals surface area contributed by atoms with Gasteiger partial charge in [-0.1, -0.05) is 6.92 Å². The molecule has 0 fully saturated rings. The number of carbonyl (C=O) groups is 2. The van der Waals surface area contributed by atoms with E-state index in [1.807, 2.05) is 23.8 Å². The number of esters is 1. The summed E-state index contributed by atoms with van der Waals surface area (Å²) in [6.45, 7) is 4.72. The molecule has 0 radical (unpaired) electrons. The molecule has 1 amide bonds. The highest BCUT2D eigenvalue weighted by Crippen LogP contribution is 2.08. The molecule has 0 aliphatic rings. The highest BCUT2D eigenvalue weighted by atomic mass is 32.1. The van der Waals surface area contributed by atoms with Crippen molar-refractivity contribution in [3.05, 3.63) is 22.4 Å². The molecule has 1 aromatic rings. The van der Waals surface area contributed by atoms with E-state index in [1.165, 1.54) is 0 Å². The van der Waals surface area contributed by atoms with Crippen LogP contribution in [0.2, 0.25) is 0 Å². The van der Waals surface area contributed by atoms with E-state index in [4.69, 9.17) is 4.74 Å². The summed E-state index contributed by atoms with van der Waals surface area (Å²) in [5, 5.41) is 3.89. The summed E-state index contributed by atoms with van der Waals surface area (Å²) in [7, 11) is 0. The number of thiophene rings is 1. The molecule has 0 spiro atoms. The van der Waals surface area contributed by atoms with E-state index in [0.717, 1.165) is 12.0 Å². The van der Waals surface area contributed by atoms with E-state index in [-0.39, 0.29) is 18.4 Å². The number of hydrogen-bond acceptors (Lipinski definition) is 4. The lowest BCUT2D eigenvalue weighted by atomic mass is 10.2. The van der Waals surface area contributed by atoms with Crippen molar-refractivity contribution in [1.29, 1.82) is 0 Å². The number of rotatable bonds is 7. The molecule has 0 atom stereocenters. The van der Waals surface area contributed by atoms with Crippen LogP contribution >= 0.6 is 11.3 Å². The molecule has 1 rings (SSSR count). The van der Waals surface area contributed by atoms with Crippen molar-refractivity contribution in [2.24, 2.45) is 0 Å². The van der Waals surface area contributed by atoms with Crippen LogP contribution in [0.5, 0.6) is 0 Å². The van der Waals surface area contributed by atoms with Gasteiger partial charge in [-0.05, 0) is 35.7 Å². The van der Waals surface area contributed by atoms with Crippen molar-refractivity contribution in [2.75, 3.05) is 19.7 Å². The highest BCUT2D eigenvalue weighted by molar-refractivity contribution is 7.07. The third-order valence-corrected chi connectivity index (χ3v) is 3.14. The minimum absolute atomic E-state index is 0.0247. The van der Waals surface area contributed by atoms with Crippen LogP contribution in [0, 0.1) is 0 Å². The van der Waals surface area contributed by atoms with Gasteiger partial charge in [-0.2, -0.15) is 11.3 Å². The van der Waals surface area contributed by atoms with Gasteiger partial charge in [-0.25, -0.2) is 0 Å². The molecule has 1 aromatic heterocycles. The number of hydrogen-bond donors (Lipinski definition) is 0. The monoisotopic (exact) mass is 269 g/mol. The second-order valence-corrected chi connectivity index (χ2v) is 4.71. The van der Waals surface area contributed by atoms with Crippen LogP contribution in [0.4, 0.5) is 0 Å². The van der Waals surface area contributed by atoms with Gasteiger partial charge in [0.2, 0.25) is 5.91 Å². The first-order valence-corrected chi connectivity index (χ1v) is 7.06. The lowest BCUT2D eigenvalue weighted by Crippen LogP contribution is -2.37. The quantitative estimate of drug-likeness (QED) is 0.712. The molecular weight excluding hydrogens is 250 g/mol. The zero-order chi connectivity index (χ0) is 13.4. The van der Waals surface area contributed by atoms with Crippen molar-refractivity contribution in [3.63, 3.8) is 0 Å². The van der Waals surface area contributed by atoms with Crippen LogP contribution in [0.15, 0.2) is 16.8 Å². The van der Waals surface area contributed by atoms with Gasteiger partial charge < -0.3 is 9.64 Å². The Balaban J connectivity index is 2.54. The zero-order valence-corrected chi connectivity index (χ0v) is 11.7. The molecule has 0 aliphatic carbocycles. The van der Waals surface area contributed by atoms with Crippen molar-refractivity contribution < 1.29 is 14.3 Å². The predicted molar refractivity (Wildman–Crippen MR) is 71.5 cm³/mol. The fourth-order valence-corrected chi connectivity index (χ4v) is 2.27. The molecule has 0 N–H and O–H groups in total. The van der Waals surface area contributed by atoms with Gasteiger partial charge in [0.25, 0.3) is 0 Å². The molecule has 5 heteroatoms. The molecule has 4 nitrogen and oxygen atoms in total. The zero-order valence-electron chi connectivity index (χ0n) is 10.8. The average molecular weight is 269 g/mol. The Morgan fingerprint density at radius 1 is 1.39 bits per heavy atom. The van der Waals surface area contributed by atoms with Gasteiger partial charge in [0.15, 0.2) is 0 Å². The van der Waals surface area contributed by atoms with Crippen molar-refractivity contribution in [2.45, 2.75) is 26.7 Å². The van der Waals surface area contributed by atoms with E-state index in [9.17, 15) is 9.59 Å². The van der Waals surface area contributed by atoms with E-state index >= 15 is 0 Å². The van der Waals surface area contributed by atoms with Gasteiger partial charge in [-0.15, -0.1) is 0 Å². The Labute approximate surface area is 112 Å². The molecule has 1 heterocycles. The second kappa shape index (κ2) is 7.87. The average Bonchev–Trinajstić information content (AvgIpc) is 2.81. The van der Waals surface area contributed by atoms with Crippen LogP contribution in [-0.4, -0.2) is 36.5 Å². The smallest absolute Gasteiger partial charge is 0.325 e. The molecule has 0 aromatic carbocycles. The number of nitrogens with zero attached hydrogens (tertiary/aromatic N) is 1. The molecular formula is C13H19NO3S. The summed E-state index contributed by atoms with van der Waals surface area (Å²) in [5.74, 6) is -0.368. The molecule has 0 aliphatic heterocycles. The van der Waals surface area contributed by atoms with E-state index in [1.54, 1.807) is 23.2 Å². The summed E-state index contributed by atoms with van der Waals surface area (Å²) in [4.78, 5) is 25.0. The topological polar surface area (TPSA) is 46.6 Å². The van der Waals surface area contributed by atoms with Gasteiger partial charge in [0, 0.05) is 6.54 Å². The fraction of sp³-hybridized carbons (Fsp3) is 0.538. The standard InChI is InChI=1S/C13H19NO3S/c1-3-6-14(9-13(16)17-4-2)12(15)8-11-5-7-18-10-11/h5,7,10H,3-4,6,8-9H2,1-2H3. The normalized spacial score (nSPS) is 10.1. The summed E-state index contributed by atoms with van der Waals surface area (Å²) < 4.78 is 4.87. The van der Waals surface area contributed by atoms with Crippen molar-refractivity contribution in [3.8, 4) is 0 Å². The molecule has 0 bridgehead atoms. The Bertz CT molecular complexity index is 376. The fourth-order valence-electron chi connectivity index (χ4n) is 1.60. The maximum absolute atomic E-state index is 12.1.